The van der Waals surface area contributed by atoms with E-state index in [1.807, 2.05) is 20.0 Å². The van der Waals surface area contributed by atoms with Gasteiger partial charge in [-0.1, -0.05) is 19.1 Å². The average molecular weight is 199 g/mol. The summed E-state index contributed by atoms with van der Waals surface area (Å²) >= 11 is 0. The van der Waals surface area contributed by atoms with E-state index >= 15 is 0 Å². The van der Waals surface area contributed by atoms with Gasteiger partial charge in [0.2, 0.25) is 0 Å². The van der Waals surface area contributed by atoms with Gasteiger partial charge in [-0.3, -0.25) is 4.68 Å². The molecule has 0 aromatic carbocycles. The van der Waals surface area contributed by atoms with E-state index in [4.69, 9.17) is 5.11 Å². The van der Waals surface area contributed by atoms with E-state index in [2.05, 4.69) is 23.5 Å². The van der Waals surface area contributed by atoms with Gasteiger partial charge in [-0.05, 0) is 12.8 Å². The van der Waals surface area contributed by atoms with Crippen molar-refractivity contribution in [2.24, 2.45) is 0 Å². The van der Waals surface area contributed by atoms with E-state index in [1.165, 1.54) is 0 Å². The monoisotopic (exact) mass is 199 g/mol. The van der Waals surface area contributed by atoms with E-state index < -0.39 is 0 Å². The third-order valence-electron chi connectivity index (χ3n) is 1.27. The molecule has 1 rings (SSSR count). The standard InChI is InChI=1S/C6H11N3O.C2H6.C2H4/c10-6-2-1-4-9-5-3-7-8-9;2*1-2/h3,5,10H,1-2,4,6H2;1-2H3;1-2H2. The largest absolute Gasteiger partial charge is 0.396 e. The van der Waals surface area contributed by atoms with Crippen LogP contribution in [0.3, 0.4) is 0 Å². The molecule has 1 aromatic heterocycles. The second-order valence-electron chi connectivity index (χ2n) is 2.10. The highest BCUT2D eigenvalue weighted by atomic mass is 16.2. The first-order chi connectivity index (χ1) is 6.93. The molecule has 0 aliphatic carbocycles. The Kier molecular flexibility index (Phi) is 15.7. The van der Waals surface area contributed by atoms with Gasteiger partial charge in [-0.2, -0.15) is 0 Å². The van der Waals surface area contributed by atoms with Gasteiger partial charge in [0.05, 0.1) is 6.20 Å². The van der Waals surface area contributed by atoms with E-state index in [-0.39, 0.29) is 6.61 Å². The first-order valence-electron chi connectivity index (χ1n) is 4.88. The predicted octanol–water partition coefficient (Wildman–Crippen LogP) is 1.88. The van der Waals surface area contributed by atoms with Crippen molar-refractivity contribution in [1.29, 1.82) is 0 Å². The molecule has 0 spiro atoms. The highest BCUT2D eigenvalue weighted by Crippen LogP contribution is 1.90. The zero-order chi connectivity index (χ0) is 11.2. The quantitative estimate of drug-likeness (QED) is 0.595. The molecule has 1 N–H and O–H groups in total. The maximum absolute atomic E-state index is 8.45. The van der Waals surface area contributed by atoms with Crippen LogP contribution >= 0.6 is 0 Å². The summed E-state index contributed by atoms with van der Waals surface area (Å²) in [7, 11) is 0. The van der Waals surface area contributed by atoms with Gasteiger partial charge in [-0.15, -0.1) is 18.3 Å². The van der Waals surface area contributed by atoms with Crippen molar-refractivity contribution < 1.29 is 5.11 Å². The van der Waals surface area contributed by atoms with Gasteiger partial charge in [-0.25, -0.2) is 0 Å². The predicted molar refractivity (Wildman–Crippen MR) is 58.9 cm³/mol. The summed E-state index contributed by atoms with van der Waals surface area (Å²) in [6, 6.07) is 0. The third-order valence-corrected chi connectivity index (χ3v) is 1.27. The zero-order valence-electron chi connectivity index (χ0n) is 9.19. The molecule has 0 aliphatic rings. The minimum absolute atomic E-state index is 0.259. The lowest BCUT2D eigenvalue weighted by Crippen LogP contribution is -1.99. The fourth-order valence-corrected chi connectivity index (χ4v) is 0.738. The molecule has 4 nitrogen and oxygen atoms in total. The highest BCUT2D eigenvalue weighted by molar-refractivity contribution is 4.63. The molecule has 14 heavy (non-hydrogen) atoms. The second kappa shape index (κ2) is 14.4. The number of aryl methyl sites for hydroxylation is 1. The van der Waals surface area contributed by atoms with Crippen molar-refractivity contribution in [1.82, 2.24) is 15.0 Å². The van der Waals surface area contributed by atoms with Crippen LogP contribution in [0, 0.1) is 0 Å². The summed E-state index contributed by atoms with van der Waals surface area (Å²) in [6.07, 6.45) is 5.26. The lowest BCUT2D eigenvalue weighted by atomic mass is 10.3. The summed E-state index contributed by atoms with van der Waals surface area (Å²) < 4.78 is 1.76. The average Bonchev–Trinajstić information content (AvgIpc) is 2.77. The zero-order valence-corrected chi connectivity index (χ0v) is 9.19. The van der Waals surface area contributed by atoms with Crippen molar-refractivity contribution in [3.05, 3.63) is 25.6 Å². The van der Waals surface area contributed by atoms with Crippen LogP contribution in [-0.2, 0) is 6.54 Å². The van der Waals surface area contributed by atoms with Gasteiger partial charge >= 0.3 is 0 Å². The number of aliphatic hydroxyl groups is 1. The van der Waals surface area contributed by atoms with Crippen LogP contribution in [-0.4, -0.2) is 26.7 Å². The minimum Gasteiger partial charge on any atom is -0.396 e. The summed E-state index contributed by atoms with van der Waals surface area (Å²) in [6.45, 7) is 11.1. The molecule has 0 fully saturated rings. The fraction of sp³-hybridized carbons (Fsp3) is 0.600. The van der Waals surface area contributed by atoms with Crippen molar-refractivity contribution in [2.45, 2.75) is 33.2 Å². The van der Waals surface area contributed by atoms with Crippen molar-refractivity contribution >= 4 is 0 Å². The molecule has 82 valence electrons. The van der Waals surface area contributed by atoms with E-state index in [9.17, 15) is 0 Å². The molecule has 0 atom stereocenters. The van der Waals surface area contributed by atoms with Gasteiger partial charge in [0.1, 0.15) is 0 Å². The molecule has 0 aliphatic heterocycles. The third kappa shape index (κ3) is 8.93. The summed E-state index contributed by atoms with van der Waals surface area (Å²) in [5, 5.41) is 15.9. The fourth-order valence-electron chi connectivity index (χ4n) is 0.738. The van der Waals surface area contributed by atoms with Crippen LogP contribution in [0.15, 0.2) is 25.6 Å². The second-order valence-corrected chi connectivity index (χ2v) is 2.10. The Hall–Kier alpha value is -1.16. The SMILES string of the molecule is C=C.CC.OCCCCn1ccnn1. The minimum atomic E-state index is 0.259. The van der Waals surface area contributed by atoms with Crippen molar-refractivity contribution in [3.8, 4) is 0 Å². The molecule has 0 bridgehead atoms. The number of hydrogen-bond donors (Lipinski definition) is 1. The molecule has 0 saturated heterocycles. The van der Waals surface area contributed by atoms with Crippen LogP contribution in [0.25, 0.3) is 0 Å². The van der Waals surface area contributed by atoms with Gasteiger partial charge in [0.15, 0.2) is 0 Å². The van der Waals surface area contributed by atoms with Crippen LogP contribution in [0.4, 0.5) is 0 Å². The summed E-state index contributed by atoms with van der Waals surface area (Å²) in [4.78, 5) is 0. The normalized spacial score (nSPS) is 7.93. The van der Waals surface area contributed by atoms with Gasteiger partial charge in [0, 0.05) is 19.3 Å². The number of aromatic nitrogens is 3. The van der Waals surface area contributed by atoms with Gasteiger partial charge in [0.25, 0.3) is 0 Å². The molecular weight excluding hydrogens is 178 g/mol. The Balaban J connectivity index is 0. The summed E-state index contributed by atoms with van der Waals surface area (Å²) in [5.74, 6) is 0. The number of hydrogen-bond acceptors (Lipinski definition) is 3. The first-order valence-corrected chi connectivity index (χ1v) is 4.88. The summed E-state index contributed by atoms with van der Waals surface area (Å²) in [5.41, 5.74) is 0. The van der Waals surface area contributed by atoms with Gasteiger partial charge < -0.3 is 5.11 Å². The molecule has 1 heterocycles. The van der Waals surface area contributed by atoms with Crippen LogP contribution in [0.1, 0.15) is 26.7 Å². The number of rotatable bonds is 4. The molecule has 0 radical (unpaired) electrons. The molecule has 1 aromatic rings. The van der Waals surface area contributed by atoms with E-state index in [0.29, 0.717) is 0 Å². The maximum Gasteiger partial charge on any atom is 0.0692 e. The maximum atomic E-state index is 8.45. The topological polar surface area (TPSA) is 50.9 Å². The molecule has 0 unspecified atom stereocenters. The Bertz CT molecular complexity index is 176. The van der Waals surface area contributed by atoms with Crippen molar-refractivity contribution in [3.63, 3.8) is 0 Å². The number of aliphatic hydroxyl groups excluding tert-OH is 1. The van der Waals surface area contributed by atoms with Crippen molar-refractivity contribution in [2.75, 3.05) is 6.61 Å². The Morgan fingerprint density at radius 2 is 1.93 bits per heavy atom. The van der Waals surface area contributed by atoms with Crippen LogP contribution in [0.2, 0.25) is 0 Å². The Labute approximate surface area is 86.3 Å². The van der Waals surface area contributed by atoms with E-state index in [1.54, 1.807) is 10.9 Å². The molecular formula is C10H21N3O. The molecule has 4 heteroatoms. The smallest absolute Gasteiger partial charge is 0.0692 e. The lowest BCUT2D eigenvalue weighted by molar-refractivity contribution is 0.280. The van der Waals surface area contributed by atoms with E-state index in [0.717, 1.165) is 19.4 Å². The lowest BCUT2D eigenvalue weighted by Gasteiger charge is -1.96. The Morgan fingerprint density at radius 3 is 2.36 bits per heavy atom. The van der Waals surface area contributed by atoms with Crippen LogP contribution < -0.4 is 0 Å². The number of nitrogens with zero attached hydrogens (tertiary/aromatic N) is 3. The Morgan fingerprint density at radius 1 is 1.29 bits per heavy atom. The molecule has 0 saturated carbocycles. The van der Waals surface area contributed by atoms with Crippen LogP contribution in [0.5, 0.6) is 0 Å². The molecule has 0 amide bonds. The number of unbranched alkanes of at least 4 members (excludes halogenated alkanes) is 1. The highest BCUT2D eigenvalue weighted by Gasteiger charge is 1.89. The first kappa shape index (κ1) is 15.3.